The molecule has 1 aliphatic rings. The lowest BCUT2D eigenvalue weighted by Crippen LogP contribution is -2.27. The van der Waals surface area contributed by atoms with Crippen molar-refractivity contribution in [3.8, 4) is 5.75 Å². The van der Waals surface area contributed by atoms with Crippen LogP contribution in [0.5, 0.6) is 5.75 Å². The van der Waals surface area contributed by atoms with Gasteiger partial charge in [0.25, 0.3) is 11.1 Å². The smallest absolute Gasteiger partial charge is 0.293 e. The quantitative estimate of drug-likeness (QED) is 0.292. The number of rotatable bonds is 6. The van der Waals surface area contributed by atoms with Gasteiger partial charge in [-0.2, -0.15) is 0 Å². The minimum absolute atomic E-state index is 0.125. The van der Waals surface area contributed by atoms with Crippen molar-refractivity contribution in [1.29, 1.82) is 0 Å². The number of hydrogen-bond donors (Lipinski definition) is 0. The van der Waals surface area contributed by atoms with Crippen LogP contribution in [0.25, 0.3) is 16.8 Å². The minimum Gasteiger partial charge on any atom is -0.489 e. The van der Waals surface area contributed by atoms with Gasteiger partial charge in [-0.3, -0.25) is 14.5 Å². The van der Waals surface area contributed by atoms with Gasteiger partial charge in [-0.05, 0) is 64.0 Å². The van der Waals surface area contributed by atoms with Crippen LogP contribution in [0.2, 0.25) is 0 Å². The number of nitrogens with zero attached hydrogens (tertiary/aromatic N) is 1. The maximum atomic E-state index is 13.7. The molecule has 0 aliphatic carbocycles. The average Bonchev–Trinajstić information content (AvgIpc) is 3.11. The molecule has 4 nitrogen and oxygen atoms in total. The third-order valence-electron chi connectivity index (χ3n) is 5.56. The minimum atomic E-state index is -0.307. The molecular formula is C28H20FNO3S. The van der Waals surface area contributed by atoms with Crippen molar-refractivity contribution in [1.82, 2.24) is 4.90 Å². The molecule has 1 saturated heterocycles. The summed E-state index contributed by atoms with van der Waals surface area (Å²) in [5.74, 6) is -0.0219. The maximum Gasteiger partial charge on any atom is 0.293 e. The van der Waals surface area contributed by atoms with E-state index in [9.17, 15) is 14.0 Å². The standard InChI is InChI=1S/C28H20FNO3S/c29-25-8-4-3-7-23(25)18-33-24-13-10-19(11-14-24)16-26-27(31)30(28(32)34-26)17-20-9-12-21-5-1-2-6-22(21)15-20/h1-16H,17-18H2/b26-16-. The highest BCUT2D eigenvalue weighted by Crippen LogP contribution is 2.34. The van der Waals surface area contributed by atoms with Crippen LogP contribution in [-0.2, 0) is 17.9 Å². The molecule has 0 aromatic heterocycles. The van der Waals surface area contributed by atoms with E-state index >= 15 is 0 Å². The van der Waals surface area contributed by atoms with Crippen LogP contribution in [0.1, 0.15) is 16.7 Å². The van der Waals surface area contributed by atoms with Crippen LogP contribution in [0.15, 0.2) is 95.9 Å². The first kappa shape index (κ1) is 21.9. The topological polar surface area (TPSA) is 46.6 Å². The first-order valence-corrected chi connectivity index (χ1v) is 11.6. The van der Waals surface area contributed by atoms with Crippen LogP contribution in [0.4, 0.5) is 9.18 Å². The Bertz CT molecular complexity index is 1410. The molecule has 6 heteroatoms. The number of halogens is 1. The van der Waals surface area contributed by atoms with E-state index in [0.717, 1.165) is 33.7 Å². The molecule has 0 unspecified atom stereocenters. The van der Waals surface area contributed by atoms with Crippen LogP contribution < -0.4 is 4.74 Å². The van der Waals surface area contributed by atoms with Gasteiger partial charge in [0.2, 0.25) is 0 Å². The number of fused-ring (bicyclic) bond motifs is 1. The second kappa shape index (κ2) is 9.53. The van der Waals surface area contributed by atoms with Crippen molar-refractivity contribution < 1.29 is 18.7 Å². The highest BCUT2D eigenvalue weighted by molar-refractivity contribution is 8.18. The van der Waals surface area contributed by atoms with Gasteiger partial charge in [-0.1, -0.05) is 66.7 Å². The zero-order valence-corrected chi connectivity index (χ0v) is 18.9. The molecule has 4 aromatic carbocycles. The average molecular weight is 470 g/mol. The SMILES string of the molecule is O=C1S/C(=C\c2ccc(OCc3ccccc3F)cc2)C(=O)N1Cc1ccc2ccccc2c1. The molecule has 1 aliphatic heterocycles. The Morgan fingerprint density at radius 3 is 2.38 bits per heavy atom. The Kier molecular flexibility index (Phi) is 6.14. The molecule has 0 bridgehead atoms. The normalized spacial score (nSPS) is 14.9. The molecular weight excluding hydrogens is 449 g/mol. The zero-order valence-electron chi connectivity index (χ0n) is 18.1. The molecule has 1 fully saturated rings. The van der Waals surface area contributed by atoms with Crippen molar-refractivity contribution in [3.05, 3.63) is 118 Å². The lowest BCUT2D eigenvalue weighted by molar-refractivity contribution is -0.123. The van der Waals surface area contributed by atoms with Gasteiger partial charge < -0.3 is 4.74 Å². The van der Waals surface area contributed by atoms with E-state index in [4.69, 9.17) is 4.74 Å². The fraction of sp³-hybridized carbons (Fsp3) is 0.0714. The van der Waals surface area contributed by atoms with Crippen LogP contribution in [-0.4, -0.2) is 16.0 Å². The first-order valence-electron chi connectivity index (χ1n) is 10.8. The largest absolute Gasteiger partial charge is 0.489 e. The van der Waals surface area contributed by atoms with E-state index in [-0.39, 0.29) is 30.1 Å². The van der Waals surface area contributed by atoms with Crippen LogP contribution in [0.3, 0.4) is 0 Å². The zero-order chi connectivity index (χ0) is 23.5. The number of hydrogen-bond acceptors (Lipinski definition) is 4. The van der Waals surface area contributed by atoms with E-state index in [1.54, 1.807) is 48.5 Å². The monoisotopic (exact) mass is 469 g/mol. The Morgan fingerprint density at radius 2 is 1.59 bits per heavy atom. The van der Waals surface area contributed by atoms with Crippen LogP contribution >= 0.6 is 11.8 Å². The summed E-state index contributed by atoms with van der Waals surface area (Å²) in [6.45, 7) is 0.356. The number of imide groups is 1. The number of benzene rings is 4. The molecule has 1 heterocycles. The number of carbonyl (C=O) groups is 2. The summed E-state index contributed by atoms with van der Waals surface area (Å²) in [7, 11) is 0. The van der Waals surface area contributed by atoms with E-state index in [2.05, 4.69) is 0 Å². The summed E-state index contributed by atoms with van der Waals surface area (Å²) in [6.07, 6.45) is 1.70. The predicted molar refractivity (Wildman–Crippen MR) is 133 cm³/mol. The Balaban J connectivity index is 1.26. The number of amides is 2. The van der Waals surface area contributed by atoms with Gasteiger partial charge in [0.15, 0.2) is 0 Å². The van der Waals surface area contributed by atoms with Gasteiger partial charge in [0.1, 0.15) is 18.2 Å². The predicted octanol–water partition coefficient (Wildman–Crippen LogP) is 6.79. The Labute approximate surface area is 200 Å². The van der Waals surface area contributed by atoms with E-state index in [1.807, 2.05) is 42.5 Å². The lowest BCUT2D eigenvalue weighted by Gasteiger charge is -2.13. The molecule has 0 saturated carbocycles. The van der Waals surface area contributed by atoms with Crippen molar-refractivity contribution >= 4 is 39.8 Å². The Hall–Kier alpha value is -3.90. The molecule has 34 heavy (non-hydrogen) atoms. The second-order valence-corrected chi connectivity index (χ2v) is 8.89. The summed E-state index contributed by atoms with van der Waals surface area (Å²) < 4.78 is 19.4. The van der Waals surface area contributed by atoms with Crippen molar-refractivity contribution in [3.63, 3.8) is 0 Å². The summed E-state index contributed by atoms with van der Waals surface area (Å²) in [5.41, 5.74) is 2.15. The first-order chi connectivity index (χ1) is 16.6. The molecule has 2 amide bonds. The highest BCUT2D eigenvalue weighted by atomic mass is 32.2. The Morgan fingerprint density at radius 1 is 0.853 bits per heavy atom. The fourth-order valence-corrected chi connectivity index (χ4v) is 4.58. The highest BCUT2D eigenvalue weighted by Gasteiger charge is 2.35. The fourth-order valence-electron chi connectivity index (χ4n) is 3.74. The van der Waals surface area contributed by atoms with E-state index in [1.165, 1.54) is 11.0 Å². The molecule has 0 radical (unpaired) electrons. The molecule has 5 rings (SSSR count). The third kappa shape index (κ3) is 4.72. The third-order valence-corrected chi connectivity index (χ3v) is 6.47. The molecule has 0 spiro atoms. The molecule has 0 atom stereocenters. The number of carbonyl (C=O) groups excluding carboxylic acids is 2. The van der Waals surface area contributed by atoms with Gasteiger partial charge in [-0.25, -0.2) is 4.39 Å². The number of ether oxygens (including phenoxy) is 1. The lowest BCUT2D eigenvalue weighted by atomic mass is 10.1. The van der Waals surface area contributed by atoms with Gasteiger partial charge in [-0.15, -0.1) is 0 Å². The summed E-state index contributed by atoms with van der Waals surface area (Å²) in [6, 6.07) is 27.5. The van der Waals surface area contributed by atoms with Gasteiger partial charge >= 0.3 is 0 Å². The van der Waals surface area contributed by atoms with Gasteiger partial charge in [0, 0.05) is 5.56 Å². The van der Waals surface area contributed by atoms with Crippen molar-refractivity contribution in [2.75, 3.05) is 0 Å². The van der Waals surface area contributed by atoms with E-state index < -0.39 is 0 Å². The second-order valence-electron chi connectivity index (χ2n) is 7.90. The number of thioether (sulfide) groups is 1. The summed E-state index contributed by atoms with van der Waals surface area (Å²) in [4.78, 5) is 27.1. The molecule has 4 aromatic rings. The summed E-state index contributed by atoms with van der Waals surface area (Å²) in [5, 5.41) is 1.90. The van der Waals surface area contributed by atoms with Crippen molar-refractivity contribution in [2.24, 2.45) is 0 Å². The van der Waals surface area contributed by atoms with E-state index in [0.29, 0.717) is 16.2 Å². The maximum absolute atomic E-state index is 13.7. The molecule has 168 valence electrons. The van der Waals surface area contributed by atoms with Crippen LogP contribution in [0, 0.1) is 5.82 Å². The molecule has 0 N–H and O–H groups in total. The summed E-state index contributed by atoms with van der Waals surface area (Å²) >= 11 is 0.938. The van der Waals surface area contributed by atoms with Gasteiger partial charge in [0.05, 0.1) is 11.4 Å². The van der Waals surface area contributed by atoms with Crippen molar-refractivity contribution in [2.45, 2.75) is 13.2 Å².